The molecule has 0 aliphatic carbocycles. The molecule has 0 N–H and O–H groups in total. The molecule has 2 aliphatic rings. The topological polar surface area (TPSA) is 41.9 Å². The van der Waals surface area contributed by atoms with Crippen LogP contribution in [0, 0.1) is 5.82 Å². The standard InChI is InChI=1S/C15H17FN2O2/c16-12-7-3-2-6-11(12)13-10-14(20-17-13)15(19)18-8-4-1-5-9-18/h2-3,6-7,14H,1,4-5,8-10H2. The summed E-state index contributed by atoms with van der Waals surface area (Å²) in [7, 11) is 0. The van der Waals surface area contributed by atoms with E-state index in [9.17, 15) is 9.18 Å². The van der Waals surface area contributed by atoms with Gasteiger partial charge in [-0.1, -0.05) is 23.4 Å². The summed E-state index contributed by atoms with van der Waals surface area (Å²) in [6.07, 6.45) is 3.00. The van der Waals surface area contributed by atoms with Crippen LogP contribution in [0.1, 0.15) is 31.2 Å². The zero-order chi connectivity index (χ0) is 13.9. The molecule has 4 nitrogen and oxygen atoms in total. The van der Waals surface area contributed by atoms with Crippen molar-refractivity contribution in [3.63, 3.8) is 0 Å². The van der Waals surface area contributed by atoms with Gasteiger partial charge in [0.1, 0.15) is 5.82 Å². The maximum Gasteiger partial charge on any atom is 0.266 e. The third-order valence-corrected chi connectivity index (χ3v) is 3.80. The molecule has 1 aromatic carbocycles. The van der Waals surface area contributed by atoms with Crippen LogP contribution in [0.4, 0.5) is 4.39 Å². The number of hydrogen-bond donors (Lipinski definition) is 0. The molecule has 1 atom stereocenters. The molecule has 1 fully saturated rings. The van der Waals surface area contributed by atoms with Crippen molar-refractivity contribution in [1.82, 2.24) is 4.90 Å². The predicted octanol–water partition coefficient (Wildman–Crippen LogP) is 2.33. The van der Waals surface area contributed by atoms with Crippen molar-refractivity contribution >= 4 is 11.6 Å². The van der Waals surface area contributed by atoms with Crippen LogP contribution in [-0.2, 0) is 9.63 Å². The van der Waals surface area contributed by atoms with E-state index in [-0.39, 0.29) is 11.7 Å². The van der Waals surface area contributed by atoms with E-state index in [0.717, 1.165) is 25.9 Å². The molecule has 5 heteroatoms. The number of carbonyl (C=O) groups excluding carboxylic acids is 1. The van der Waals surface area contributed by atoms with E-state index < -0.39 is 6.10 Å². The molecule has 0 spiro atoms. The van der Waals surface area contributed by atoms with Gasteiger partial charge >= 0.3 is 0 Å². The first-order chi connectivity index (χ1) is 9.75. The van der Waals surface area contributed by atoms with Crippen molar-refractivity contribution in [2.75, 3.05) is 13.1 Å². The van der Waals surface area contributed by atoms with Gasteiger partial charge < -0.3 is 9.74 Å². The summed E-state index contributed by atoms with van der Waals surface area (Å²) in [5, 5.41) is 3.89. The zero-order valence-corrected chi connectivity index (χ0v) is 11.2. The lowest BCUT2D eigenvalue weighted by Crippen LogP contribution is -2.42. The number of hydrogen-bond acceptors (Lipinski definition) is 3. The van der Waals surface area contributed by atoms with Gasteiger partial charge in [0.15, 0.2) is 0 Å². The summed E-state index contributed by atoms with van der Waals surface area (Å²) in [6, 6.07) is 6.43. The second-order valence-electron chi connectivity index (χ2n) is 5.20. The van der Waals surface area contributed by atoms with Gasteiger partial charge in [0.2, 0.25) is 6.10 Å². The van der Waals surface area contributed by atoms with Gasteiger partial charge in [-0.05, 0) is 25.3 Å². The number of nitrogens with zero attached hydrogens (tertiary/aromatic N) is 2. The van der Waals surface area contributed by atoms with Crippen molar-refractivity contribution < 1.29 is 14.0 Å². The van der Waals surface area contributed by atoms with Gasteiger partial charge in [-0.3, -0.25) is 4.79 Å². The maximum atomic E-state index is 13.7. The van der Waals surface area contributed by atoms with Crippen LogP contribution >= 0.6 is 0 Å². The molecule has 2 aliphatic heterocycles. The highest BCUT2D eigenvalue weighted by Crippen LogP contribution is 2.21. The molecule has 106 valence electrons. The quantitative estimate of drug-likeness (QED) is 0.832. The minimum atomic E-state index is -0.595. The third-order valence-electron chi connectivity index (χ3n) is 3.80. The normalized spacial score (nSPS) is 22.4. The molecule has 20 heavy (non-hydrogen) atoms. The van der Waals surface area contributed by atoms with Gasteiger partial charge in [0.25, 0.3) is 5.91 Å². The van der Waals surface area contributed by atoms with E-state index >= 15 is 0 Å². The Morgan fingerprint density at radius 3 is 2.75 bits per heavy atom. The van der Waals surface area contributed by atoms with Gasteiger partial charge in [-0.15, -0.1) is 0 Å². The Balaban J connectivity index is 1.66. The summed E-state index contributed by atoms with van der Waals surface area (Å²) in [6.45, 7) is 1.57. The van der Waals surface area contributed by atoms with E-state index in [2.05, 4.69) is 5.16 Å². The monoisotopic (exact) mass is 276 g/mol. The molecule has 0 aromatic heterocycles. The predicted molar refractivity (Wildman–Crippen MR) is 72.9 cm³/mol. The Morgan fingerprint density at radius 2 is 2.00 bits per heavy atom. The molecule has 1 amide bonds. The number of carbonyl (C=O) groups is 1. The lowest BCUT2D eigenvalue weighted by atomic mass is 10.0. The molecular formula is C15H17FN2O2. The molecule has 2 heterocycles. The number of halogens is 1. The number of rotatable bonds is 2. The smallest absolute Gasteiger partial charge is 0.266 e. The molecule has 1 aromatic rings. The summed E-state index contributed by atoms with van der Waals surface area (Å²) in [5.41, 5.74) is 0.930. The fourth-order valence-electron chi connectivity index (χ4n) is 2.68. The van der Waals surface area contributed by atoms with Gasteiger partial charge in [0.05, 0.1) is 5.71 Å². The summed E-state index contributed by atoms with van der Waals surface area (Å²) >= 11 is 0. The first-order valence-electron chi connectivity index (χ1n) is 7.02. The van der Waals surface area contributed by atoms with Crippen molar-refractivity contribution in [3.8, 4) is 0 Å². The third kappa shape index (κ3) is 2.53. The maximum absolute atomic E-state index is 13.7. The molecular weight excluding hydrogens is 259 g/mol. The van der Waals surface area contributed by atoms with E-state index in [1.54, 1.807) is 18.2 Å². The van der Waals surface area contributed by atoms with Crippen LogP contribution in [-0.4, -0.2) is 35.7 Å². The summed E-state index contributed by atoms with van der Waals surface area (Å²) in [5.74, 6) is -0.360. The summed E-state index contributed by atoms with van der Waals surface area (Å²) in [4.78, 5) is 19.3. The Morgan fingerprint density at radius 1 is 1.25 bits per heavy atom. The largest absolute Gasteiger partial charge is 0.382 e. The molecule has 0 radical (unpaired) electrons. The van der Waals surface area contributed by atoms with Crippen molar-refractivity contribution in [3.05, 3.63) is 35.6 Å². The highest BCUT2D eigenvalue weighted by molar-refractivity contribution is 6.04. The minimum Gasteiger partial charge on any atom is -0.382 e. The van der Waals surface area contributed by atoms with Crippen LogP contribution in [0.2, 0.25) is 0 Å². The Hall–Kier alpha value is -1.91. The van der Waals surface area contributed by atoms with Gasteiger partial charge in [-0.25, -0.2) is 4.39 Å². The van der Waals surface area contributed by atoms with E-state index in [4.69, 9.17) is 4.84 Å². The second kappa shape index (κ2) is 5.61. The van der Waals surface area contributed by atoms with E-state index in [1.165, 1.54) is 12.5 Å². The lowest BCUT2D eigenvalue weighted by Gasteiger charge is -2.28. The van der Waals surface area contributed by atoms with Gasteiger partial charge in [-0.2, -0.15) is 0 Å². The number of piperidine rings is 1. The fourth-order valence-corrected chi connectivity index (χ4v) is 2.68. The minimum absolute atomic E-state index is 0.0280. The summed E-state index contributed by atoms with van der Waals surface area (Å²) < 4.78 is 13.7. The molecule has 1 saturated heterocycles. The van der Waals surface area contributed by atoms with E-state index in [0.29, 0.717) is 17.7 Å². The highest BCUT2D eigenvalue weighted by atomic mass is 19.1. The van der Waals surface area contributed by atoms with Crippen LogP contribution in [0.5, 0.6) is 0 Å². The number of benzene rings is 1. The van der Waals surface area contributed by atoms with Crippen LogP contribution in [0.15, 0.2) is 29.4 Å². The Labute approximate surface area is 117 Å². The SMILES string of the molecule is O=C(C1CC(c2ccccc2F)=NO1)N1CCCCC1. The average molecular weight is 276 g/mol. The highest BCUT2D eigenvalue weighted by Gasteiger charge is 2.33. The van der Waals surface area contributed by atoms with E-state index in [1.807, 2.05) is 4.90 Å². The first-order valence-corrected chi connectivity index (χ1v) is 7.02. The molecule has 0 saturated carbocycles. The van der Waals surface area contributed by atoms with Gasteiger partial charge in [0, 0.05) is 25.1 Å². The fraction of sp³-hybridized carbons (Fsp3) is 0.467. The Bertz CT molecular complexity index is 538. The Kier molecular flexibility index (Phi) is 3.67. The molecule has 0 bridgehead atoms. The first kappa shape index (κ1) is 13.1. The van der Waals surface area contributed by atoms with Crippen molar-refractivity contribution in [1.29, 1.82) is 0 Å². The molecule has 1 unspecified atom stereocenters. The van der Waals surface area contributed by atoms with Crippen molar-refractivity contribution in [2.24, 2.45) is 5.16 Å². The second-order valence-corrected chi connectivity index (χ2v) is 5.20. The van der Waals surface area contributed by atoms with Crippen molar-refractivity contribution in [2.45, 2.75) is 31.8 Å². The van der Waals surface area contributed by atoms with Crippen LogP contribution in [0.25, 0.3) is 0 Å². The zero-order valence-electron chi connectivity index (χ0n) is 11.2. The average Bonchev–Trinajstić information content (AvgIpc) is 2.97. The van der Waals surface area contributed by atoms with Crippen LogP contribution < -0.4 is 0 Å². The number of likely N-dealkylation sites (tertiary alicyclic amines) is 1. The number of oxime groups is 1. The van der Waals surface area contributed by atoms with Crippen LogP contribution in [0.3, 0.4) is 0 Å². The lowest BCUT2D eigenvalue weighted by molar-refractivity contribution is -0.143. The molecule has 3 rings (SSSR count). The number of amides is 1.